The predicted molar refractivity (Wildman–Crippen MR) is 143 cm³/mol. The minimum atomic E-state index is -0.832. The molecule has 1 heterocycles. The SMILES string of the molecule is CNC(=O)C(CSC(C)(C)OC)NC(=O)C(CSC(C)(C)OC)NC(=O)[C@@H]1CSC(C)(C)N1C. The lowest BCUT2D eigenvalue weighted by atomic mass is 10.2. The van der Waals surface area contributed by atoms with Gasteiger partial charge in [-0.05, 0) is 48.6 Å². The van der Waals surface area contributed by atoms with E-state index < -0.39 is 27.9 Å². The van der Waals surface area contributed by atoms with Crippen molar-refractivity contribution in [2.24, 2.45) is 0 Å². The molecule has 0 aromatic rings. The highest BCUT2D eigenvalue weighted by atomic mass is 32.2. The van der Waals surface area contributed by atoms with Crippen LogP contribution in [0.2, 0.25) is 0 Å². The fourth-order valence-electron chi connectivity index (χ4n) is 2.89. The predicted octanol–water partition coefficient (Wildman–Crippen LogP) is 1.72. The van der Waals surface area contributed by atoms with Crippen molar-refractivity contribution < 1.29 is 23.9 Å². The molecule has 34 heavy (non-hydrogen) atoms. The van der Waals surface area contributed by atoms with Gasteiger partial charge < -0.3 is 25.4 Å². The Hall–Kier alpha value is -0.660. The first kappa shape index (κ1) is 31.4. The molecule has 9 nitrogen and oxygen atoms in total. The first-order valence-electron chi connectivity index (χ1n) is 11.2. The lowest BCUT2D eigenvalue weighted by Gasteiger charge is -2.31. The molecule has 2 unspecified atom stereocenters. The molecule has 3 N–H and O–H groups in total. The van der Waals surface area contributed by atoms with E-state index in [2.05, 4.69) is 29.8 Å². The van der Waals surface area contributed by atoms with Crippen LogP contribution >= 0.6 is 35.3 Å². The van der Waals surface area contributed by atoms with Crippen molar-refractivity contribution in [1.29, 1.82) is 0 Å². The van der Waals surface area contributed by atoms with Crippen LogP contribution in [-0.2, 0) is 23.9 Å². The number of nitrogens with one attached hydrogen (secondary N) is 3. The smallest absolute Gasteiger partial charge is 0.244 e. The van der Waals surface area contributed by atoms with Crippen molar-refractivity contribution in [2.75, 3.05) is 45.6 Å². The van der Waals surface area contributed by atoms with Gasteiger partial charge in [-0.3, -0.25) is 19.3 Å². The number of carbonyl (C=O) groups is 3. The topological polar surface area (TPSA) is 109 Å². The third-order valence-electron chi connectivity index (χ3n) is 5.90. The van der Waals surface area contributed by atoms with Crippen LogP contribution in [0.4, 0.5) is 0 Å². The molecule has 198 valence electrons. The Bertz CT molecular complexity index is 721. The number of hydrogen-bond donors (Lipinski definition) is 3. The molecule has 1 rings (SSSR count). The molecule has 3 atom stereocenters. The van der Waals surface area contributed by atoms with Gasteiger partial charge >= 0.3 is 0 Å². The molecule has 0 saturated carbocycles. The number of hydrogen-bond acceptors (Lipinski definition) is 9. The van der Waals surface area contributed by atoms with Crippen LogP contribution in [0, 0.1) is 0 Å². The third-order valence-corrected chi connectivity index (χ3v) is 10.1. The molecule has 0 aromatic heterocycles. The highest BCUT2D eigenvalue weighted by molar-refractivity contribution is 8.01. The van der Waals surface area contributed by atoms with Gasteiger partial charge in [0.1, 0.15) is 21.9 Å². The van der Waals surface area contributed by atoms with Crippen molar-refractivity contribution in [3.63, 3.8) is 0 Å². The van der Waals surface area contributed by atoms with Crippen LogP contribution in [0.3, 0.4) is 0 Å². The van der Waals surface area contributed by atoms with Crippen LogP contribution in [0.1, 0.15) is 41.5 Å². The molecule has 1 saturated heterocycles. The number of ether oxygens (including phenoxy) is 2. The van der Waals surface area contributed by atoms with Crippen LogP contribution in [-0.4, -0.2) is 101 Å². The van der Waals surface area contributed by atoms with E-state index in [0.29, 0.717) is 17.3 Å². The van der Waals surface area contributed by atoms with Crippen molar-refractivity contribution in [3.05, 3.63) is 0 Å². The van der Waals surface area contributed by atoms with Crippen molar-refractivity contribution in [3.8, 4) is 0 Å². The van der Waals surface area contributed by atoms with E-state index in [9.17, 15) is 14.4 Å². The van der Waals surface area contributed by atoms with Gasteiger partial charge in [-0.1, -0.05) is 0 Å². The van der Waals surface area contributed by atoms with E-state index in [1.165, 1.54) is 30.6 Å². The van der Waals surface area contributed by atoms with Gasteiger partial charge in [0, 0.05) is 38.5 Å². The summed E-state index contributed by atoms with van der Waals surface area (Å²) in [6, 6.07) is -1.95. The summed E-state index contributed by atoms with van der Waals surface area (Å²) in [4.78, 5) is 39.7. The number of likely N-dealkylation sites (N-methyl/N-ethyl adjacent to an activating group) is 2. The average molecular weight is 539 g/mol. The second-order valence-corrected chi connectivity index (χ2v) is 14.3. The first-order chi connectivity index (χ1) is 15.6. The standard InChI is InChI=1S/C22H42N4O5S3/c1-20(2)26(8)16(13-32-20)19(29)25-15(12-34-22(5,6)31-10)18(28)24-14(17(27)23-7)11-33-21(3,4)30-9/h14-16H,11-13H2,1-10H3,(H,23,27)(H,24,28)(H,25,29)/t14?,15?,16-/m0/s1. The summed E-state index contributed by atoms with van der Waals surface area (Å²) >= 11 is 4.54. The molecule has 0 aliphatic carbocycles. The maximum absolute atomic E-state index is 13.3. The fraction of sp³-hybridized carbons (Fsp3) is 0.864. The Morgan fingerprint density at radius 2 is 1.47 bits per heavy atom. The fourth-order valence-corrected chi connectivity index (χ4v) is 6.00. The second kappa shape index (κ2) is 13.0. The molecule has 3 amide bonds. The summed E-state index contributed by atoms with van der Waals surface area (Å²) in [6.07, 6.45) is 0. The molecule has 0 bridgehead atoms. The van der Waals surface area contributed by atoms with Gasteiger partial charge in [0.15, 0.2) is 0 Å². The van der Waals surface area contributed by atoms with Gasteiger partial charge in [-0.2, -0.15) is 0 Å². The van der Waals surface area contributed by atoms with Crippen molar-refractivity contribution in [1.82, 2.24) is 20.9 Å². The maximum Gasteiger partial charge on any atom is 0.244 e. The Morgan fingerprint density at radius 3 is 1.85 bits per heavy atom. The molecule has 1 aliphatic rings. The van der Waals surface area contributed by atoms with Gasteiger partial charge in [-0.15, -0.1) is 35.3 Å². The molecule has 12 heteroatoms. The van der Waals surface area contributed by atoms with Gasteiger partial charge in [0.25, 0.3) is 0 Å². The number of methoxy groups -OCH3 is 2. The summed E-state index contributed by atoms with van der Waals surface area (Å²) < 4.78 is 10.9. The minimum Gasteiger partial charge on any atom is -0.368 e. The highest BCUT2D eigenvalue weighted by Crippen LogP contribution is 2.37. The molecule has 0 spiro atoms. The molecule has 0 aromatic carbocycles. The normalized spacial score (nSPS) is 20.5. The van der Waals surface area contributed by atoms with E-state index in [1.54, 1.807) is 26.0 Å². The quantitative estimate of drug-likeness (QED) is 0.302. The lowest BCUT2D eigenvalue weighted by Crippen LogP contribution is -2.58. The first-order valence-corrected chi connectivity index (χ1v) is 14.1. The van der Waals surface area contributed by atoms with Gasteiger partial charge in [0.2, 0.25) is 17.7 Å². The van der Waals surface area contributed by atoms with E-state index in [-0.39, 0.29) is 22.7 Å². The number of rotatable bonds is 13. The summed E-state index contributed by atoms with van der Waals surface area (Å²) in [6.45, 7) is 11.7. The second-order valence-electron chi connectivity index (χ2n) is 9.45. The zero-order valence-electron chi connectivity index (χ0n) is 22.1. The monoisotopic (exact) mass is 538 g/mol. The van der Waals surface area contributed by atoms with E-state index in [0.717, 1.165) is 0 Å². The molecule has 1 aliphatic heterocycles. The van der Waals surface area contributed by atoms with Gasteiger partial charge in [0.05, 0.1) is 10.9 Å². The largest absolute Gasteiger partial charge is 0.368 e. The van der Waals surface area contributed by atoms with Crippen LogP contribution < -0.4 is 16.0 Å². The Balaban J connectivity index is 3.01. The molecule has 0 radical (unpaired) electrons. The van der Waals surface area contributed by atoms with Crippen molar-refractivity contribution >= 4 is 53.0 Å². The average Bonchev–Trinajstić information content (AvgIpc) is 3.05. The van der Waals surface area contributed by atoms with Crippen LogP contribution in [0.25, 0.3) is 0 Å². The summed E-state index contributed by atoms with van der Waals surface area (Å²) in [5.74, 6) is 0.330. The minimum absolute atomic E-state index is 0.164. The van der Waals surface area contributed by atoms with Gasteiger partial charge in [-0.25, -0.2) is 0 Å². The number of thioether (sulfide) groups is 3. The number of carbonyl (C=O) groups excluding carboxylic acids is 3. The van der Waals surface area contributed by atoms with E-state index >= 15 is 0 Å². The number of amides is 3. The lowest BCUT2D eigenvalue weighted by molar-refractivity contribution is -0.132. The van der Waals surface area contributed by atoms with E-state index in [4.69, 9.17) is 9.47 Å². The maximum atomic E-state index is 13.3. The van der Waals surface area contributed by atoms with Crippen LogP contribution in [0.5, 0.6) is 0 Å². The van der Waals surface area contributed by atoms with E-state index in [1.807, 2.05) is 39.6 Å². The molecule has 1 fully saturated rings. The Kier molecular flexibility index (Phi) is 12.0. The zero-order chi connectivity index (χ0) is 26.3. The van der Waals surface area contributed by atoms with Crippen LogP contribution in [0.15, 0.2) is 0 Å². The summed E-state index contributed by atoms with van der Waals surface area (Å²) in [5.41, 5.74) is 0. The summed E-state index contributed by atoms with van der Waals surface area (Å²) in [5, 5.41) is 8.35. The zero-order valence-corrected chi connectivity index (χ0v) is 24.5. The Morgan fingerprint density at radius 1 is 1.00 bits per heavy atom. The third kappa shape index (κ3) is 9.42. The summed E-state index contributed by atoms with van der Waals surface area (Å²) in [7, 11) is 6.64. The number of nitrogens with zero attached hydrogens (tertiary/aromatic N) is 1. The molecular formula is C22H42N4O5S3. The molecular weight excluding hydrogens is 496 g/mol. The Labute approximate surface area is 217 Å². The van der Waals surface area contributed by atoms with Crippen molar-refractivity contribution in [2.45, 2.75) is 74.4 Å². The highest BCUT2D eigenvalue weighted by Gasteiger charge is 2.42.